The van der Waals surface area contributed by atoms with E-state index in [0.29, 0.717) is 12.2 Å². The topological polar surface area (TPSA) is 26.3 Å². The summed E-state index contributed by atoms with van der Waals surface area (Å²) in [6.07, 6.45) is 4.82. The summed E-state index contributed by atoms with van der Waals surface area (Å²) in [7, 11) is 0. The highest BCUT2D eigenvalue weighted by atomic mass is 16.5. The molecule has 1 aliphatic heterocycles. The molecule has 0 amide bonds. The van der Waals surface area contributed by atoms with Crippen LogP contribution in [0.15, 0.2) is 24.5 Å². The summed E-state index contributed by atoms with van der Waals surface area (Å²) in [6, 6.07) is 0. The SMILES string of the molecule is C=C1C=CCCC(=O)O1. The van der Waals surface area contributed by atoms with Crippen molar-refractivity contribution >= 4 is 5.97 Å². The zero-order valence-corrected chi connectivity index (χ0v) is 5.09. The van der Waals surface area contributed by atoms with Crippen LogP contribution in [0.1, 0.15) is 12.8 Å². The van der Waals surface area contributed by atoms with Crippen molar-refractivity contribution in [1.29, 1.82) is 0 Å². The maximum absolute atomic E-state index is 10.6. The minimum atomic E-state index is -0.190. The number of carbonyl (C=O) groups is 1. The third-order valence-electron chi connectivity index (χ3n) is 1.06. The smallest absolute Gasteiger partial charge is 0.311 e. The monoisotopic (exact) mass is 124 g/mol. The Balaban J connectivity index is 2.61. The Kier molecular flexibility index (Phi) is 1.68. The molecule has 0 aromatic carbocycles. The van der Waals surface area contributed by atoms with E-state index in [9.17, 15) is 4.79 Å². The molecule has 0 aliphatic carbocycles. The first kappa shape index (κ1) is 6.08. The Hall–Kier alpha value is -1.05. The fourth-order valence-corrected chi connectivity index (χ4v) is 0.647. The average Bonchev–Trinajstić information content (AvgIpc) is 1.93. The van der Waals surface area contributed by atoms with Gasteiger partial charge in [0.1, 0.15) is 5.76 Å². The van der Waals surface area contributed by atoms with Gasteiger partial charge in [-0.2, -0.15) is 0 Å². The molecule has 0 N–H and O–H groups in total. The first-order chi connectivity index (χ1) is 4.29. The van der Waals surface area contributed by atoms with Gasteiger partial charge in [-0.05, 0) is 12.5 Å². The molecular weight excluding hydrogens is 116 g/mol. The van der Waals surface area contributed by atoms with Crippen LogP contribution in [-0.4, -0.2) is 5.97 Å². The summed E-state index contributed by atoms with van der Waals surface area (Å²) in [5.74, 6) is 0.252. The molecule has 1 rings (SSSR count). The Morgan fingerprint density at radius 2 is 2.44 bits per heavy atom. The Morgan fingerprint density at radius 3 is 3.22 bits per heavy atom. The molecule has 2 heteroatoms. The molecule has 0 fully saturated rings. The fourth-order valence-electron chi connectivity index (χ4n) is 0.647. The number of ether oxygens (including phenoxy) is 1. The molecule has 48 valence electrons. The first-order valence-electron chi connectivity index (χ1n) is 2.85. The van der Waals surface area contributed by atoms with Crippen LogP contribution in [0.4, 0.5) is 0 Å². The van der Waals surface area contributed by atoms with Crippen molar-refractivity contribution in [3.63, 3.8) is 0 Å². The zero-order chi connectivity index (χ0) is 6.69. The molecule has 0 bridgehead atoms. The number of rotatable bonds is 0. The van der Waals surface area contributed by atoms with Gasteiger partial charge in [-0.1, -0.05) is 12.7 Å². The van der Waals surface area contributed by atoms with Gasteiger partial charge in [0.05, 0.1) is 0 Å². The normalized spacial score (nSPS) is 19.1. The van der Waals surface area contributed by atoms with E-state index in [2.05, 4.69) is 6.58 Å². The summed E-state index contributed by atoms with van der Waals surface area (Å²) >= 11 is 0. The van der Waals surface area contributed by atoms with Gasteiger partial charge in [-0.15, -0.1) is 0 Å². The quantitative estimate of drug-likeness (QED) is 0.456. The van der Waals surface area contributed by atoms with Crippen molar-refractivity contribution in [2.75, 3.05) is 0 Å². The maximum Gasteiger partial charge on any atom is 0.311 e. The molecule has 0 aromatic rings. The Bertz CT molecular complexity index is 168. The van der Waals surface area contributed by atoms with Gasteiger partial charge < -0.3 is 4.74 Å². The van der Waals surface area contributed by atoms with Crippen molar-refractivity contribution in [2.24, 2.45) is 0 Å². The molecule has 1 aliphatic rings. The van der Waals surface area contributed by atoms with Crippen molar-refractivity contribution in [2.45, 2.75) is 12.8 Å². The van der Waals surface area contributed by atoms with Gasteiger partial charge in [-0.25, -0.2) is 0 Å². The third kappa shape index (κ3) is 1.72. The van der Waals surface area contributed by atoms with Crippen LogP contribution in [0.25, 0.3) is 0 Å². The summed E-state index contributed by atoms with van der Waals surface area (Å²) in [5, 5.41) is 0. The number of allylic oxidation sites excluding steroid dienone is 2. The Morgan fingerprint density at radius 1 is 1.67 bits per heavy atom. The van der Waals surface area contributed by atoms with E-state index >= 15 is 0 Å². The largest absolute Gasteiger partial charge is 0.427 e. The molecular formula is C7H8O2. The number of cyclic esters (lactones) is 1. The van der Waals surface area contributed by atoms with Crippen LogP contribution in [0, 0.1) is 0 Å². The van der Waals surface area contributed by atoms with E-state index < -0.39 is 0 Å². The minimum absolute atomic E-state index is 0.190. The Labute approximate surface area is 53.8 Å². The van der Waals surface area contributed by atoms with Gasteiger partial charge >= 0.3 is 5.97 Å². The molecule has 0 saturated heterocycles. The van der Waals surface area contributed by atoms with Crippen LogP contribution < -0.4 is 0 Å². The van der Waals surface area contributed by atoms with Crippen LogP contribution in [-0.2, 0) is 9.53 Å². The average molecular weight is 124 g/mol. The summed E-state index contributed by atoms with van der Waals surface area (Å²) in [6.45, 7) is 3.49. The van der Waals surface area contributed by atoms with E-state index in [1.807, 2.05) is 6.08 Å². The van der Waals surface area contributed by atoms with E-state index in [1.165, 1.54) is 0 Å². The van der Waals surface area contributed by atoms with E-state index in [0.717, 1.165) is 6.42 Å². The highest BCUT2D eigenvalue weighted by molar-refractivity contribution is 5.71. The van der Waals surface area contributed by atoms with Crippen LogP contribution in [0.3, 0.4) is 0 Å². The molecule has 2 nitrogen and oxygen atoms in total. The first-order valence-corrected chi connectivity index (χ1v) is 2.85. The van der Waals surface area contributed by atoms with Crippen LogP contribution in [0.5, 0.6) is 0 Å². The molecule has 0 unspecified atom stereocenters. The molecule has 0 atom stereocenters. The van der Waals surface area contributed by atoms with Gasteiger partial charge in [0.25, 0.3) is 0 Å². The van der Waals surface area contributed by atoms with Crippen molar-refractivity contribution in [3.05, 3.63) is 24.5 Å². The second-order valence-electron chi connectivity index (χ2n) is 1.88. The lowest BCUT2D eigenvalue weighted by Crippen LogP contribution is -1.98. The van der Waals surface area contributed by atoms with E-state index in [-0.39, 0.29) is 5.97 Å². The summed E-state index contributed by atoms with van der Waals surface area (Å²) in [5.41, 5.74) is 0. The molecule has 9 heavy (non-hydrogen) atoms. The third-order valence-corrected chi connectivity index (χ3v) is 1.06. The van der Waals surface area contributed by atoms with Crippen LogP contribution >= 0.6 is 0 Å². The fraction of sp³-hybridized carbons (Fsp3) is 0.286. The highest BCUT2D eigenvalue weighted by Gasteiger charge is 2.04. The van der Waals surface area contributed by atoms with Gasteiger partial charge in [0, 0.05) is 6.42 Å². The van der Waals surface area contributed by atoms with E-state index in [1.54, 1.807) is 6.08 Å². The van der Waals surface area contributed by atoms with Crippen molar-refractivity contribution in [1.82, 2.24) is 0 Å². The van der Waals surface area contributed by atoms with Crippen molar-refractivity contribution < 1.29 is 9.53 Å². The molecule has 0 spiro atoms. The maximum atomic E-state index is 10.6. The number of carbonyl (C=O) groups excluding carboxylic acids is 1. The van der Waals surface area contributed by atoms with Crippen LogP contribution in [0.2, 0.25) is 0 Å². The predicted octanol–water partition coefficient (Wildman–Crippen LogP) is 1.39. The number of hydrogen-bond acceptors (Lipinski definition) is 2. The van der Waals surface area contributed by atoms with Gasteiger partial charge in [0.15, 0.2) is 0 Å². The van der Waals surface area contributed by atoms with Gasteiger partial charge in [0.2, 0.25) is 0 Å². The lowest BCUT2D eigenvalue weighted by atomic mass is 10.3. The number of hydrogen-bond donors (Lipinski definition) is 0. The molecule has 0 aromatic heterocycles. The van der Waals surface area contributed by atoms with Crippen molar-refractivity contribution in [3.8, 4) is 0 Å². The number of esters is 1. The minimum Gasteiger partial charge on any atom is -0.427 e. The zero-order valence-electron chi connectivity index (χ0n) is 5.09. The lowest BCUT2D eigenvalue weighted by molar-refractivity contribution is -0.138. The lowest BCUT2D eigenvalue weighted by Gasteiger charge is -1.96. The molecule has 0 saturated carbocycles. The van der Waals surface area contributed by atoms with Gasteiger partial charge in [-0.3, -0.25) is 4.79 Å². The van der Waals surface area contributed by atoms with E-state index in [4.69, 9.17) is 4.74 Å². The summed E-state index contributed by atoms with van der Waals surface area (Å²) in [4.78, 5) is 10.6. The second-order valence-corrected chi connectivity index (χ2v) is 1.88. The standard InChI is InChI=1S/C7H8O2/c1-6-4-2-3-5-7(8)9-6/h2,4H,1,3,5H2. The second kappa shape index (κ2) is 2.49. The molecule has 0 radical (unpaired) electrons. The summed E-state index contributed by atoms with van der Waals surface area (Å²) < 4.78 is 4.69. The predicted molar refractivity (Wildman–Crippen MR) is 33.6 cm³/mol. The highest BCUT2D eigenvalue weighted by Crippen LogP contribution is 2.06. The molecule has 1 heterocycles.